The van der Waals surface area contributed by atoms with E-state index in [4.69, 9.17) is 4.74 Å². The molecule has 0 saturated carbocycles. The first-order chi connectivity index (χ1) is 10.4. The van der Waals surface area contributed by atoms with Crippen LogP contribution < -0.4 is 0 Å². The van der Waals surface area contributed by atoms with Crippen LogP contribution >= 0.6 is 11.8 Å². The summed E-state index contributed by atoms with van der Waals surface area (Å²) < 4.78 is 5.66. The van der Waals surface area contributed by atoms with Gasteiger partial charge in [-0.05, 0) is 11.1 Å². The Morgan fingerprint density at radius 1 is 0.952 bits per heavy atom. The van der Waals surface area contributed by atoms with Crippen molar-refractivity contribution in [1.82, 2.24) is 4.90 Å². The Morgan fingerprint density at radius 2 is 1.62 bits per heavy atom. The van der Waals surface area contributed by atoms with Crippen molar-refractivity contribution < 1.29 is 4.74 Å². The molecule has 21 heavy (non-hydrogen) atoms. The molecule has 1 saturated heterocycles. The second kappa shape index (κ2) is 7.64. The van der Waals surface area contributed by atoms with Gasteiger partial charge in [-0.25, -0.2) is 0 Å². The fraction of sp³-hybridized carbons (Fsp3) is 0.333. The average molecular weight is 299 g/mol. The molecule has 2 nitrogen and oxygen atoms in total. The lowest BCUT2D eigenvalue weighted by atomic mass is 10.2. The van der Waals surface area contributed by atoms with Crippen molar-refractivity contribution in [3.8, 4) is 0 Å². The maximum Gasteiger partial charge on any atom is 0.0997 e. The summed E-state index contributed by atoms with van der Waals surface area (Å²) in [5, 5.41) is 0. The molecule has 110 valence electrons. The van der Waals surface area contributed by atoms with Crippen molar-refractivity contribution in [2.45, 2.75) is 18.3 Å². The molecule has 3 rings (SSSR count). The fourth-order valence-electron chi connectivity index (χ4n) is 2.55. The maximum absolute atomic E-state index is 5.66. The molecule has 0 bridgehead atoms. The first kappa shape index (κ1) is 14.6. The summed E-state index contributed by atoms with van der Waals surface area (Å²) in [7, 11) is 0. The Kier molecular flexibility index (Phi) is 5.33. The van der Waals surface area contributed by atoms with Crippen LogP contribution in [0.2, 0.25) is 0 Å². The molecule has 0 N–H and O–H groups in total. The van der Waals surface area contributed by atoms with E-state index in [-0.39, 0.29) is 0 Å². The Labute approximate surface area is 131 Å². The molecule has 1 aliphatic heterocycles. The third-order valence-electron chi connectivity index (χ3n) is 3.73. The summed E-state index contributed by atoms with van der Waals surface area (Å²) in [4.78, 5) is 2.44. The second-order valence-electron chi connectivity index (χ2n) is 5.39. The van der Waals surface area contributed by atoms with Crippen LogP contribution in [0.1, 0.15) is 11.1 Å². The quantitative estimate of drug-likeness (QED) is 0.805. The standard InChI is InChI=1S/C18H21NOS/c1-3-7-16(8-4-1)11-19-15-20-12-18(19)14-21-13-17-9-5-2-6-10-17/h1-10,18H,11-15H2/t18-/m1/s1. The first-order valence-electron chi connectivity index (χ1n) is 7.39. The van der Waals surface area contributed by atoms with Crippen LogP contribution in [-0.4, -0.2) is 30.0 Å². The number of hydrogen-bond acceptors (Lipinski definition) is 3. The Morgan fingerprint density at radius 3 is 2.33 bits per heavy atom. The van der Waals surface area contributed by atoms with Gasteiger partial charge in [0.1, 0.15) is 0 Å². The van der Waals surface area contributed by atoms with Gasteiger partial charge in [0.15, 0.2) is 0 Å². The lowest BCUT2D eigenvalue weighted by molar-refractivity contribution is 0.135. The van der Waals surface area contributed by atoms with Gasteiger partial charge in [0.2, 0.25) is 0 Å². The van der Waals surface area contributed by atoms with Crippen LogP contribution in [0.15, 0.2) is 60.7 Å². The zero-order chi connectivity index (χ0) is 14.3. The molecule has 3 heteroatoms. The highest BCUT2D eigenvalue weighted by Crippen LogP contribution is 2.20. The van der Waals surface area contributed by atoms with Gasteiger partial charge in [-0.1, -0.05) is 60.7 Å². The van der Waals surface area contributed by atoms with Crippen molar-refractivity contribution >= 4 is 11.8 Å². The predicted molar refractivity (Wildman–Crippen MR) is 89.2 cm³/mol. The number of hydrogen-bond donors (Lipinski definition) is 0. The molecular weight excluding hydrogens is 278 g/mol. The third-order valence-corrected chi connectivity index (χ3v) is 4.89. The predicted octanol–water partition coefficient (Wildman–Crippen LogP) is 3.78. The van der Waals surface area contributed by atoms with E-state index >= 15 is 0 Å². The average Bonchev–Trinajstić information content (AvgIpc) is 2.97. The van der Waals surface area contributed by atoms with Crippen LogP contribution in [-0.2, 0) is 17.0 Å². The van der Waals surface area contributed by atoms with Crippen molar-refractivity contribution in [3.05, 3.63) is 71.8 Å². The molecule has 1 fully saturated rings. The smallest absolute Gasteiger partial charge is 0.0997 e. The summed E-state index contributed by atoms with van der Waals surface area (Å²) in [6.45, 7) is 2.59. The Bertz CT molecular complexity index is 531. The number of benzene rings is 2. The molecule has 0 unspecified atom stereocenters. The molecule has 2 aromatic carbocycles. The van der Waals surface area contributed by atoms with Gasteiger partial charge in [0.25, 0.3) is 0 Å². The molecule has 0 amide bonds. The van der Waals surface area contributed by atoms with Gasteiger partial charge in [-0.3, -0.25) is 4.90 Å². The number of thioether (sulfide) groups is 1. The highest BCUT2D eigenvalue weighted by molar-refractivity contribution is 7.98. The van der Waals surface area contributed by atoms with Crippen LogP contribution in [0.4, 0.5) is 0 Å². The van der Waals surface area contributed by atoms with E-state index in [0.717, 1.165) is 31.4 Å². The van der Waals surface area contributed by atoms with E-state index in [9.17, 15) is 0 Å². The maximum atomic E-state index is 5.66. The topological polar surface area (TPSA) is 12.5 Å². The van der Waals surface area contributed by atoms with Gasteiger partial charge in [0.05, 0.1) is 13.3 Å². The van der Waals surface area contributed by atoms with Gasteiger partial charge in [-0.2, -0.15) is 11.8 Å². The molecule has 1 atom stereocenters. The Hall–Kier alpha value is -1.29. The lowest BCUT2D eigenvalue weighted by Gasteiger charge is -2.22. The van der Waals surface area contributed by atoms with Gasteiger partial charge in [-0.15, -0.1) is 0 Å². The zero-order valence-corrected chi connectivity index (χ0v) is 13.0. The van der Waals surface area contributed by atoms with Gasteiger partial charge in [0, 0.05) is 24.1 Å². The number of rotatable bonds is 6. The van der Waals surface area contributed by atoms with Crippen LogP contribution in [0.3, 0.4) is 0 Å². The minimum Gasteiger partial charge on any atom is -0.364 e. The van der Waals surface area contributed by atoms with Crippen LogP contribution in [0, 0.1) is 0 Å². The van der Waals surface area contributed by atoms with E-state index in [0.29, 0.717) is 6.04 Å². The first-order valence-corrected chi connectivity index (χ1v) is 8.55. The van der Waals surface area contributed by atoms with E-state index < -0.39 is 0 Å². The van der Waals surface area contributed by atoms with E-state index in [1.54, 1.807) is 0 Å². The SMILES string of the molecule is c1ccc(CSC[C@H]2COCN2Cc2ccccc2)cc1. The van der Waals surface area contributed by atoms with Crippen molar-refractivity contribution in [3.63, 3.8) is 0 Å². The molecular formula is C18H21NOS. The highest BCUT2D eigenvalue weighted by Gasteiger charge is 2.24. The minimum atomic E-state index is 0.527. The van der Waals surface area contributed by atoms with Crippen LogP contribution in [0.5, 0.6) is 0 Å². The van der Waals surface area contributed by atoms with E-state index in [1.165, 1.54) is 11.1 Å². The summed E-state index contributed by atoms with van der Waals surface area (Å²) >= 11 is 2.00. The molecule has 0 aliphatic carbocycles. The molecule has 0 radical (unpaired) electrons. The highest BCUT2D eigenvalue weighted by atomic mass is 32.2. The minimum absolute atomic E-state index is 0.527. The van der Waals surface area contributed by atoms with Crippen LogP contribution in [0.25, 0.3) is 0 Å². The molecule has 0 spiro atoms. The summed E-state index contributed by atoms with van der Waals surface area (Å²) in [6, 6.07) is 21.8. The largest absolute Gasteiger partial charge is 0.364 e. The lowest BCUT2D eigenvalue weighted by Crippen LogP contribution is -2.32. The normalized spacial score (nSPS) is 19.0. The summed E-state index contributed by atoms with van der Waals surface area (Å²) in [6.07, 6.45) is 0. The monoisotopic (exact) mass is 299 g/mol. The van der Waals surface area contributed by atoms with Crippen molar-refractivity contribution in [2.24, 2.45) is 0 Å². The third kappa shape index (κ3) is 4.34. The summed E-state index contributed by atoms with van der Waals surface area (Å²) in [5.41, 5.74) is 2.76. The van der Waals surface area contributed by atoms with Gasteiger partial charge < -0.3 is 4.74 Å². The number of ether oxygens (including phenoxy) is 1. The summed E-state index contributed by atoms with van der Waals surface area (Å²) in [5.74, 6) is 2.21. The molecule has 0 aromatic heterocycles. The fourth-order valence-corrected chi connectivity index (χ4v) is 3.68. The zero-order valence-electron chi connectivity index (χ0n) is 12.2. The molecule has 1 heterocycles. The molecule has 2 aromatic rings. The Balaban J connectivity index is 1.48. The molecule has 1 aliphatic rings. The second-order valence-corrected chi connectivity index (χ2v) is 6.42. The van der Waals surface area contributed by atoms with Crippen molar-refractivity contribution in [2.75, 3.05) is 19.1 Å². The van der Waals surface area contributed by atoms with Gasteiger partial charge >= 0.3 is 0 Å². The van der Waals surface area contributed by atoms with E-state index in [1.807, 2.05) is 11.8 Å². The van der Waals surface area contributed by atoms with Crippen molar-refractivity contribution in [1.29, 1.82) is 0 Å². The number of nitrogens with zero attached hydrogens (tertiary/aromatic N) is 1. The van der Waals surface area contributed by atoms with E-state index in [2.05, 4.69) is 65.6 Å².